The Kier molecular flexibility index (Phi) is 4.26. The molecule has 0 saturated carbocycles. The molecule has 3 heterocycles. The second-order valence-corrected chi connectivity index (χ2v) is 6.73. The quantitative estimate of drug-likeness (QED) is 0.786. The molecule has 4 rings (SSSR count). The van der Waals surface area contributed by atoms with Crippen LogP contribution in [0.25, 0.3) is 10.9 Å². The molecule has 1 aromatic carbocycles. The maximum atomic E-state index is 12.6. The van der Waals surface area contributed by atoms with Crippen LogP contribution >= 0.6 is 0 Å². The van der Waals surface area contributed by atoms with Gasteiger partial charge in [0.15, 0.2) is 0 Å². The molecule has 1 aromatic heterocycles. The monoisotopic (exact) mass is 329 g/mol. The van der Waals surface area contributed by atoms with Crippen LogP contribution in [0.2, 0.25) is 0 Å². The largest absolute Gasteiger partial charge is 0.396 e. The number of morpholine rings is 1. The molecule has 3 atom stereocenters. The minimum atomic E-state index is -0.0230. The topological polar surface area (TPSA) is 77.6 Å². The Bertz CT molecular complexity index is 729. The Morgan fingerprint density at radius 3 is 3.12 bits per heavy atom. The Morgan fingerprint density at radius 1 is 1.38 bits per heavy atom. The number of benzene rings is 1. The van der Waals surface area contributed by atoms with E-state index >= 15 is 0 Å². The molecule has 0 radical (unpaired) electrons. The smallest absolute Gasteiger partial charge is 0.253 e. The molecule has 2 aliphatic rings. The molecule has 0 bridgehead atoms. The van der Waals surface area contributed by atoms with Crippen molar-refractivity contribution >= 4 is 16.8 Å². The first kappa shape index (κ1) is 15.6. The predicted molar refractivity (Wildman–Crippen MR) is 91.0 cm³/mol. The Hall–Kier alpha value is -1.89. The molecule has 24 heavy (non-hydrogen) atoms. The number of nitrogens with zero attached hydrogens (tertiary/aromatic N) is 1. The van der Waals surface area contributed by atoms with E-state index in [1.54, 1.807) is 6.20 Å². The number of aromatic amines is 1. The Morgan fingerprint density at radius 2 is 2.25 bits per heavy atom. The van der Waals surface area contributed by atoms with Crippen molar-refractivity contribution in [3.05, 3.63) is 36.0 Å². The van der Waals surface area contributed by atoms with Gasteiger partial charge >= 0.3 is 0 Å². The van der Waals surface area contributed by atoms with Gasteiger partial charge in [-0.25, -0.2) is 0 Å². The molecule has 2 saturated heterocycles. The van der Waals surface area contributed by atoms with Crippen molar-refractivity contribution in [2.45, 2.75) is 31.0 Å². The number of H-pyrrole nitrogens is 1. The maximum absolute atomic E-state index is 12.6. The molecule has 0 aliphatic carbocycles. The molecule has 1 amide bonds. The van der Waals surface area contributed by atoms with Crippen LogP contribution in [0, 0.1) is 0 Å². The van der Waals surface area contributed by atoms with E-state index in [-0.39, 0.29) is 24.7 Å². The number of ether oxygens (including phenoxy) is 1. The van der Waals surface area contributed by atoms with Crippen molar-refractivity contribution in [2.75, 3.05) is 26.3 Å². The van der Waals surface area contributed by atoms with Crippen LogP contribution in [0.4, 0.5) is 0 Å². The van der Waals surface area contributed by atoms with Crippen molar-refractivity contribution in [2.24, 2.45) is 0 Å². The molecule has 2 aromatic rings. The first-order valence-electron chi connectivity index (χ1n) is 8.58. The lowest BCUT2D eigenvalue weighted by Crippen LogP contribution is -2.46. The van der Waals surface area contributed by atoms with E-state index in [0.717, 1.165) is 30.4 Å². The highest BCUT2D eigenvalue weighted by Gasteiger charge is 2.37. The summed E-state index contributed by atoms with van der Waals surface area (Å²) in [6, 6.07) is 8.35. The van der Waals surface area contributed by atoms with Gasteiger partial charge in [0, 0.05) is 48.9 Å². The third-order valence-electron chi connectivity index (χ3n) is 5.11. The van der Waals surface area contributed by atoms with Gasteiger partial charge in [-0.05, 0) is 18.9 Å². The van der Waals surface area contributed by atoms with Crippen molar-refractivity contribution in [3.63, 3.8) is 0 Å². The predicted octanol–water partition coefficient (Wildman–Crippen LogP) is 1.12. The third-order valence-corrected chi connectivity index (χ3v) is 5.11. The molecule has 6 nitrogen and oxygen atoms in total. The molecule has 0 unspecified atom stereocenters. The van der Waals surface area contributed by atoms with Gasteiger partial charge in [0.25, 0.3) is 5.91 Å². The van der Waals surface area contributed by atoms with Crippen LogP contribution in [-0.4, -0.2) is 65.4 Å². The number of nitrogens with one attached hydrogen (secondary N) is 2. The summed E-state index contributed by atoms with van der Waals surface area (Å²) in [6.45, 7) is 2.53. The molecular formula is C18H23N3O3. The fourth-order valence-corrected chi connectivity index (χ4v) is 3.89. The van der Waals surface area contributed by atoms with Gasteiger partial charge < -0.3 is 20.1 Å². The van der Waals surface area contributed by atoms with Crippen LogP contribution in [0.1, 0.15) is 23.2 Å². The first-order chi connectivity index (χ1) is 11.7. The number of para-hydroxylation sites is 1. The van der Waals surface area contributed by atoms with E-state index in [1.807, 2.05) is 24.3 Å². The number of aliphatic hydroxyl groups is 1. The fourth-order valence-electron chi connectivity index (χ4n) is 3.89. The van der Waals surface area contributed by atoms with E-state index in [0.29, 0.717) is 24.6 Å². The standard InChI is InChI=1S/C18H23N3O3/c22-6-5-14-10-21-9-12(7-13(21)11-24-14)20-18(23)16-8-19-17-4-2-1-3-15(16)17/h1-4,8,12-14,19,22H,5-7,9-11H2,(H,20,23)/t12-,13-,14-/m0/s1. The second-order valence-electron chi connectivity index (χ2n) is 6.73. The van der Waals surface area contributed by atoms with E-state index in [2.05, 4.69) is 15.2 Å². The van der Waals surface area contributed by atoms with Gasteiger partial charge in [-0.2, -0.15) is 0 Å². The third kappa shape index (κ3) is 2.92. The van der Waals surface area contributed by atoms with Gasteiger partial charge in [0.1, 0.15) is 0 Å². The molecule has 2 aliphatic heterocycles. The molecule has 128 valence electrons. The highest BCUT2D eigenvalue weighted by molar-refractivity contribution is 6.06. The van der Waals surface area contributed by atoms with Gasteiger partial charge in [0.05, 0.1) is 18.3 Å². The lowest BCUT2D eigenvalue weighted by atomic mass is 10.1. The zero-order chi connectivity index (χ0) is 16.5. The SMILES string of the molecule is O=C(N[C@H]1C[C@H]2CO[C@@H](CCO)CN2C1)c1c[nH]c2ccccc12. The number of hydrogen-bond donors (Lipinski definition) is 3. The van der Waals surface area contributed by atoms with Crippen LogP contribution in [0.5, 0.6) is 0 Å². The van der Waals surface area contributed by atoms with Crippen molar-refractivity contribution in [1.29, 1.82) is 0 Å². The summed E-state index contributed by atoms with van der Waals surface area (Å²) in [5.74, 6) is -0.0230. The molecule has 2 fully saturated rings. The van der Waals surface area contributed by atoms with Gasteiger partial charge in [-0.15, -0.1) is 0 Å². The van der Waals surface area contributed by atoms with E-state index in [1.165, 1.54) is 0 Å². The molecular weight excluding hydrogens is 306 g/mol. The summed E-state index contributed by atoms with van der Waals surface area (Å²) in [6.07, 6.45) is 3.48. The Balaban J connectivity index is 1.40. The summed E-state index contributed by atoms with van der Waals surface area (Å²) in [5.41, 5.74) is 1.68. The fraction of sp³-hybridized carbons (Fsp3) is 0.500. The van der Waals surface area contributed by atoms with E-state index < -0.39 is 0 Å². The summed E-state index contributed by atoms with van der Waals surface area (Å²) in [4.78, 5) is 18.2. The number of fused-ring (bicyclic) bond motifs is 2. The summed E-state index contributed by atoms with van der Waals surface area (Å²) in [7, 11) is 0. The molecule has 3 N–H and O–H groups in total. The number of aromatic nitrogens is 1. The lowest BCUT2D eigenvalue weighted by molar-refractivity contribution is -0.0566. The summed E-state index contributed by atoms with van der Waals surface area (Å²) in [5, 5.41) is 13.2. The number of hydrogen-bond acceptors (Lipinski definition) is 4. The summed E-state index contributed by atoms with van der Waals surface area (Å²) >= 11 is 0. The van der Waals surface area contributed by atoms with Gasteiger partial charge in [0.2, 0.25) is 0 Å². The average molecular weight is 329 g/mol. The molecule has 0 spiro atoms. The summed E-state index contributed by atoms with van der Waals surface area (Å²) < 4.78 is 5.80. The van der Waals surface area contributed by atoms with Crippen LogP contribution < -0.4 is 5.32 Å². The highest BCUT2D eigenvalue weighted by atomic mass is 16.5. The first-order valence-corrected chi connectivity index (χ1v) is 8.58. The van der Waals surface area contributed by atoms with Crippen LogP contribution in [0.15, 0.2) is 30.5 Å². The minimum absolute atomic E-state index is 0.0230. The number of aliphatic hydroxyl groups excluding tert-OH is 1. The average Bonchev–Trinajstić information content (AvgIpc) is 3.18. The van der Waals surface area contributed by atoms with E-state index in [9.17, 15) is 4.79 Å². The van der Waals surface area contributed by atoms with Crippen LogP contribution in [0.3, 0.4) is 0 Å². The lowest BCUT2D eigenvalue weighted by Gasteiger charge is -2.34. The number of carbonyl (C=O) groups excluding carboxylic acids is 1. The highest BCUT2D eigenvalue weighted by Crippen LogP contribution is 2.25. The zero-order valence-electron chi connectivity index (χ0n) is 13.6. The maximum Gasteiger partial charge on any atom is 0.253 e. The number of amides is 1. The van der Waals surface area contributed by atoms with Crippen molar-refractivity contribution < 1.29 is 14.6 Å². The second kappa shape index (κ2) is 6.55. The van der Waals surface area contributed by atoms with Crippen LogP contribution in [-0.2, 0) is 4.74 Å². The molecule has 6 heteroatoms. The zero-order valence-corrected chi connectivity index (χ0v) is 13.6. The number of rotatable bonds is 4. The minimum Gasteiger partial charge on any atom is -0.396 e. The Labute approximate surface area is 140 Å². The van der Waals surface area contributed by atoms with Crippen molar-refractivity contribution in [1.82, 2.24) is 15.2 Å². The van der Waals surface area contributed by atoms with Gasteiger partial charge in [-0.1, -0.05) is 18.2 Å². The van der Waals surface area contributed by atoms with Crippen molar-refractivity contribution in [3.8, 4) is 0 Å². The van der Waals surface area contributed by atoms with E-state index in [4.69, 9.17) is 9.84 Å². The van der Waals surface area contributed by atoms with Gasteiger partial charge in [-0.3, -0.25) is 9.69 Å². The number of carbonyl (C=O) groups is 1. The normalized spacial score (nSPS) is 27.3.